The van der Waals surface area contributed by atoms with E-state index in [1.54, 1.807) is 0 Å². The second-order valence-electron chi connectivity index (χ2n) is 5.74. The van der Waals surface area contributed by atoms with Gasteiger partial charge in [0, 0.05) is 19.0 Å². The molecule has 0 spiro atoms. The van der Waals surface area contributed by atoms with Crippen LogP contribution in [-0.2, 0) is 0 Å². The molecule has 88 valence electrons. The van der Waals surface area contributed by atoms with E-state index in [2.05, 4.69) is 61.6 Å². The summed E-state index contributed by atoms with van der Waals surface area (Å²) < 4.78 is 0. The van der Waals surface area contributed by atoms with Crippen molar-refractivity contribution in [2.75, 3.05) is 13.1 Å². The lowest BCUT2D eigenvalue weighted by molar-refractivity contribution is 0.364. The van der Waals surface area contributed by atoms with Gasteiger partial charge in [-0.15, -0.1) is 0 Å². The van der Waals surface area contributed by atoms with Crippen molar-refractivity contribution < 1.29 is 0 Å². The molecule has 1 nitrogen and oxygen atoms in total. The predicted molar refractivity (Wildman–Crippen MR) is 73.3 cm³/mol. The zero-order chi connectivity index (χ0) is 11.9. The fraction of sp³-hybridized carbons (Fsp3) is 0.375. The van der Waals surface area contributed by atoms with Gasteiger partial charge in [-0.2, -0.15) is 0 Å². The van der Waals surface area contributed by atoms with Crippen molar-refractivity contribution in [1.29, 1.82) is 0 Å². The van der Waals surface area contributed by atoms with E-state index in [9.17, 15) is 0 Å². The van der Waals surface area contributed by atoms with Gasteiger partial charge in [0.25, 0.3) is 0 Å². The van der Waals surface area contributed by atoms with Crippen LogP contribution in [0.25, 0.3) is 10.8 Å². The Morgan fingerprint density at radius 1 is 1.06 bits per heavy atom. The molecule has 3 rings (SSSR count). The third-order valence-electron chi connectivity index (χ3n) is 4.07. The topological polar surface area (TPSA) is 12.0 Å². The highest BCUT2D eigenvalue weighted by Gasteiger charge is 2.35. The zero-order valence-corrected chi connectivity index (χ0v) is 10.5. The van der Waals surface area contributed by atoms with E-state index < -0.39 is 0 Å². The summed E-state index contributed by atoms with van der Waals surface area (Å²) in [4.78, 5) is 0. The van der Waals surface area contributed by atoms with Crippen LogP contribution in [0.15, 0.2) is 42.5 Å². The van der Waals surface area contributed by atoms with E-state index in [1.165, 1.54) is 16.3 Å². The molecule has 1 aliphatic heterocycles. The molecule has 17 heavy (non-hydrogen) atoms. The molecule has 1 saturated heterocycles. The summed E-state index contributed by atoms with van der Waals surface area (Å²) in [6, 6.07) is 15.4. The minimum Gasteiger partial charge on any atom is -0.316 e. The normalized spacial score (nSPS) is 23.1. The molecule has 0 aromatic heterocycles. The monoisotopic (exact) mass is 225 g/mol. The smallest absolute Gasteiger partial charge is 0.00329 e. The van der Waals surface area contributed by atoms with Crippen LogP contribution in [-0.4, -0.2) is 13.1 Å². The average molecular weight is 225 g/mol. The lowest BCUT2D eigenvalue weighted by atomic mass is 9.76. The Balaban J connectivity index is 2.17. The first kappa shape index (κ1) is 10.8. The Morgan fingerprint density at radius 2 is 1.82 bits per heavy atom. The highest BCUT2D eigenvalue weighted by molar-refractivity contribution is 5.86. The fourth-order valence-corrected chi connectivity index (χ4v) is 3.02. The predicted octanol–water partition coefficient (Wildman–Crippen LogP) is 3.55. The molecule has 1 heterocycles. The summed E-state index contributed by atoms with van der Waals surface area (Å²) in [7, 11) is 0. The van der Waals surface area contributed by atoms with Crippen LogP contribution >= 0.6 is 0 Å². The van der Waals surface area contributed by atoms with Crippen LogP contribution < -0.4 is 5.32 Å². The fourth-order valence-electron chi connectivity index (χ4n) is 3.02. The molecular weight excluding hydrogens is 206 g/mol. The number of nitrogens with one attached hydrogen (secondary N) is 1. The maximum atomic E-state index is 3.53. The Hall–Kier alpha value is -1.34. The number of rotatable bonds is 1. The minimum atomic E-state index is 0.351. The van der Waals surface area contributed by atoms with Crippen LogP contribution in [0.5, 0.6) is 0 Å². The van der Waals surface area contributed by atoms with Gasteiger partial charge >= 0.3 is 0 Å². The molecule has 1 fully saturated rings. The Bertz CT molecular complexity index is 537. The van der Waals surface area contributed by atoms with Gasteiger partial charge in [0.1, 0.15) is 0 Å². The molecule has 1 N–H and O–H groups in total. The standard InChI is InChI=1S/C16H19N/c1-16(2)11-17-10-15(16)14-9-5-7-12-6-3-4-8-13(12)14/h3-9,15,17H,10-11H2,1-2H3. The van der Waals surface area contributed by atoms with Gasteiger partial charge in [0.05, 0.1) is 0 Å². The largest absolute Gasteiger partial charge is 0.316 e. The quantitative estimate of drug-likeness (QED) is 0.782. The molecule has 0 saturated carbocycles. The maximum Gasteiger partial charge on any atom is 0.00329 e. The first-order valence-corrected chi connectivity index (χ1v) is 6.37. The lowest BCUT2D eigenvalue weighted by Gasteiger charge is -2.27. The Labute approximate surface area is 103 Å². The Morgan fingerprint density at radius 3 is 2.59 bits per heavy atom. The Kier molecular flexibility index (Phi) is 2.44. The SMILES string of the molecule is CC1(C)CNCC1c1cccc2ccccc12. The number of fused-ring (bicyclic) bond motifs is 1. The van der Waals surface area contributed by atoms with Crippen LogP contribution in [0, 0.1) is 5.41 Å². The molecule has 2 aromatic rings. The second-order valence-corrected chi connectivity index (χ2v) is 5.74. The highest BCUT2D eigenvalue weighted by Crippen LogP contribution is 2.40. The first-order chi connectivity index (χ1) is 8.18. The third kappa shape index (κ3) is 1.75. The maximum absolute atomic E-state index is 3.53. The van der Waals surface area contributed by atoms with Gasteiger partial charge in [-0.25, -0.2) is 0 Å². The molecule has 0 bridgehead atoms. The molecule has 1 aliphatic rings. The third-order valence-corrected chi connectivity index (χ3v) is 4.07. The van der Waals surface area contributed by atoms with Crippen molar-refractivity contribution in [3.05, 3.63) is 48.0 Å². The van der Waals surface area contributed by atoms with Crippen molar-refractivity contribution in [3.8, 4) is 0 Å². The minimum absolute atomic E-state index is 0.351. The van der Waals surface area contributed by atoms with Crippen molar-refractivity contribution >= 4 is 10.8 Å². The highest BCUT2D eigenvalue weighted by atomic mass is 14.9. The summed E-state index contributed by atoms with van der Waals surface area (Å²) in [5.41, 5.74) is 1.85. The lowest BCUT2D eigenvalue weighted by Crippen LogP contribution is -2.20. The number of hydrogen-bond acceptors (Lipinski definition) is 1. The summed E-state index contributed by atoms with van der Waals surface area (Å²) >= 11 is 0. The van der Waals surface area contributed by atoms with Crippen molar-refractivity contribution in [1.82, 2.24) is 5.32 Å². The van der Waals surface area contributed by atoms with Crippen LogP contribution in [0.2, 0.25) is 0 Å². The molecular formula is C16H19N. The molecule has 2 aromatic carbocycles. The van der Waals surface area contributed by atoms with E-state index in [1.807, 2.05) is 0 Å². The van der Waals surface area contributed by atoms with Gasteiger partial charge in [-0.05, 0) is 21.8 Å². The van der Waals surface area contributed by atoms with Crippen LogP contribution in [0.1, 0.15) is 25.3 Å². The molecule has 1 heteroatoms. The van der Waals surface area contributed by atoms with E-state index in [4.69, 9.17) is 0 Å². The molecule has 0 aliphatic carbocycles. The molecule has 0 amide bonds. The summed E-state index contributed by atoms with van der Waals surface area (Å²) in [6.45, 7) is 6.93. The summed E-state index contributed by atoms with van der Waals surface area (Å²) in [5.74, 6) is 0.619. The zero-order valence-electron chi connectivity index (χ0n) is 10.5. The molecule has 1 atom stereocenters. The van der Waals surface area contributed by atoms with E-state index in [-0.39, 0.29) is 0 Å². The van der Waals surface area contributed by atoms with Gasteiger partial charge in [-0.3, -0.25) is 0 Å². The summed E-state index contributed by atoms with van der Waals surface area (Å²) in [5, 5.41) is 6.29. The number of benzene rings is 2. The van der Waals surface area contributed by atoms with Gasteiger partial charge < -0.3 is 5.32 Å². The van der Waals surface area contributed by atoms with Gasteiger partial charge in [0.2, 0.25) is 0 Å². The van der Waals surface area contributed by atoms with Crippen molar-refractivity contribution in [2.24, 2.45) is 5.41 Å². The van der Waals surface area contributed by atoms with E-state index in [0.717, 1.165) is 13.1 Å². The average Bonchev–Trinajstić information content (AvgIpc) is 2.68. The van der Waals surface area contributed by atoms with Crippen LogP contribution in [0.4, 0.5) is 0 Å². The van der Waals surface area contributed by atoms with Crippen molar-refractivity contribution in [3.63, 3.8) is 0 Å². The number of hydrogen-bond donors (Lipinski definition) is 1. The first-order valence-electron chi connectivity index (χ1n) is 6.37. The molecule has 0 radical (unpaired) electrons. The molecule has 1 unspecified atom stereocenters. The van der Waals surface area contributed by atoms with Gasteiger partial charge in [-0.1, -0.05) is 56.3 Å². The van der Waals surface area contributed by atoms with Gasteiger partial charge in [0.15, 0.2) is 0 Å². The summed E-state index contributed by atoms with van der Waals surface area (Å²) in [6.07, 6.45) is 0. The van der Waals surface area contributed by atoms with E-state index >= 15 is 0 Å². The van der Waals surface area contributed by atoms with Crippen molar-refractivity contribution in [2.45, 2.75) is 19.8 Å². The van der Waals surface area contributed by atoms with Crippen LogP contribution in [0.3, 0.4) is 0 Å². The second kappa shape index (κ2) is 3.85. The van der Waals surface area contributed by atoms with E-state index in [0.29, 0.717) is 11.3 Å².